The van der Waals surface area contributed by atoms with E-state index in [1.807, 2.05) is 17.9 Å². The van der Waals surface area contributed by atoms with Crippen molar-refractivity contribution in [3.63, 3.8) is 0 Å². The first-order valence-electron chi connectivity index (χ1n) is 12.3. The molecule has 3 fully saturated rings. The van der Waals surface area contributed by atoms with E-state index >= 15 is 0 Å². The number of carbonyl (C=O) groups is 1. The minimum absolute atomic E-state index is 0.0597. The first kappa shape index (κ1) is 23.3. The third kappa shape index (κ3) is 5.00. The number of piperazine rings is 1. The average molecular weight is 478 g/mol. The summed E-state index contributed by atoms with van der Waals surface area (Å²) in [7, 11) is 0. The van der Waals surface area contributed by atoms with Gasteiger partial charge in [0.1, 0.15) is 11.9 Å². The third-order valence-corrected chi connectivity index (χ3v) is 7.51. The number of hydrogen-bond acceptors (Lipinski definition) is 8. The summed E-state index contributed by atoms with van der Waals surface area (Å²) >= 11 is 0. The van der Waals surface area contributed by atoms with E-state index in [1.54, 1.807) is 18.5 Å². The molecule has 1 unspecified atom stereocenters. The van der Waals surface area contributed by atoms with E-state index in [0.29, 0.717) is 36.7 Å². The van der Waals surface area contributed by atoms with Crippen LogP contribution in [0.25, 0.3) is 0 Å². The number of H-pyrrole nitrogens is 1. The number of aromatic amines is 1. The molecule has 0 spiro atoms. The van der Waals surface area contributed by atoms with Crippen molar-refractivity contribution >= 4 is 17.4 Å². The molecule has 1 saturated carbocycles. The molecule has 1 atom stereocenters. The van der Waals surface area contributed by atoms with Gasteiger partial charge in [0.25, 0.3) is 5.56 Å². The second-order valence-corrected chi connectivity index (χ2v) is 9.76. The van der Waals surface area contributed by atoms with Crippen molar-refractivity contribution in [1.29, 1.82) is 5.26 Å². The molecule has 2 saturated heterocycles. The molecule has 10 nitrogen and oxygen atoms in total. The van der Waals surface area contributed by atoms with Crippen LogP contribution in [0.15, 0.2) is 29.3 Å². The number of nitriles is 1. The number of pyridine rings is 1. The monoisotopic (exact) mass is 477 g/mol. The second-order valence-electron chi connectivity index (χ2n) is 9.76. The Bertz CT molecular complexity index is 1140. The van der Waals surface area contributed by atoms with Gasteiger partial charge in [-0.15, -0.1) is 0 Å². The van der Waals surface area contributed by atoms with Crippen molar-refractivity contribution in [3.05, 3.63) is 46.0 Å². The van der Waals surface area contributed by atoms with Crippen molar-refractivity contribution in [3.8, 4) is 6.07 Å². The zero-order chi connectivity index (χ0) is 24.4. The summed E-state index contributed by atoms with van der Waals surface area (Å²) in [5.41, 5.74) is 2.02. The van der Waals surface area contributed by atoms with E-state index in [9.17, 15) is 9.59 Å². The lowest BCUT2D eigenvalue weighted by atomic mass is 9.81. The van der Waals surface area contributed by atoms with Gasteiger partial charge in [-0.2, -0.15) is 10.4 Å². The summed E-state index contributed by atoms with van der Waals surface area (Å²) in [5, 5.41) is 15.3. The van der Waals surface area contributed by atoms with Crippen molar-refractivity contribution in [2.24, 2.45) is 11.8 Å². The number of amides is 1. The highest BCUT2D eigenvalue weighted by Crippen LogP contribution is 2.33. The Morgan fingerprint density at radius 3 is 2.69 bits per heavy atom. The lowest BCUT2D eigenvalue weighted by molar-refractivity contribution is -0.145. The summed E-state index contributed by atoms with van der Waals surface area (Å²) < 4.78 is 6.14. The van der Waals surface area contributed by atoms with E-state index in [2.05, 4.69) is 31.1 Å². The van der Waals surface area contributed by atoms with Crippen molar-refractivity contribution < 1.29 is 9.53 Å². The Kier molecular flexibility index (Phi) is 6.68. The number of hydrogen-bond donors (Lipinski definition) is 1. The second kappa shape index (κ2) is 10.0. The van der Waals surface area contributed by atoms with E-state index < -0.39 is 0 Å². The number of carbonyl (C=O) groups excluding carboxylic acids is 1. The largest absolute Gasteiger partial charge is 0.378 e. The molecule has 2 aromatic heterocycles. The van der Waals surface area contributed by atoms with Crippen LogP contribution in [0.1, 0.15) is 30.4 Å². The van der Waals surface area contributed by atoms with Crippen molar-refractivity contribution in [1.82, 2.24) is 20.1 Å². The van der Waals surface area contributed by atoms with Crippen molar-refractivity contribution in [2.75, 3.05) is 55.7 Å². The van der Waals surface area contributed by atoms with Gasteiger partial charge in [0.15, 0.2) is 0 Å². The van der Waals surface area contributed by atoms with Crippen molar-refractivity contribution in [2.45, 2.75) is 32.3 Å². The molecule has 0 aromatic carbocycles. The van der Waals surface area contributed by atoms with Gasteiger partial charge in [-0.1, -0.05) is 0 Å². The number of nitrogens with zero attached hydrogens (tertiary/aromatic N) is 6. The van der Waals surface area contributed by atoms with Gasteiger partial charge in [0, 0.05) is 62.9 Å². The molecule has 0 radical (unpaired) electrons. The number of nitrogens with one attached hydrogen (secondary N) is 1. The van der Waals surface area contributed by atoms with E-state index in [-0.39, 0.29) is 23.5 Å². The van der Waals surface area contributed by atoms with Gasteiger partial charge in [0.05, 0.1) is 30.2 Å². The fourth-order valence-electron chi connectivity index (χ4n) is 5.18. The van der Waals surface area contributed by atoms with Gasteiger partial charge >= 0.3 is 0 Å². The molecule has 4 heterocycles. The maximum atomic E-state index is 12.9. The highest BCUT2D eigenvalue weighted by atomic mass is 16.5. The first-order valence-corrected chi connectivity index (χ1v) is 12.3. The lowest BCUT2D eigenvalue weighted by Crippen LogP contribution is -2.53. The molecule has 1 amide bonds. The predicted octanol–water partition coefficient (Wildman–Crippen LogP) is 1.32. The predicted molar refractivity (Wildman–Crippen MR) is 130 cm³/mol. The van der Waals surface area contributed by atoms with Crippen LogP contribution in [0.5, 0.6) is 0 Å². The minimum atomic E-state index is -0.139. The molecular weight excluding hydrogens is 446 g/mol. The molecule has 184 valence electrons. The highest BCUT2D eigenvalue weighted by molar-refractivity contribution is 5.80. The number of anilines is 2. The van der Waals surface area contributed by atoms with Crippen LogP contribution in [0, 0.1) is 30.1 Å². The van der Waals surface area contributed by atoms with Crippen LogP contribution in [-0.4, -0.2) is 78.0 Å². The van der Waals surface area contributed by atoms with Crippen LogP contribution >= 0.6 is 0 Å². The summed E-state index contributed by atoms with van der Waals surface area (Å²) in [6, 6.07) is 5.73. The normalized spacial score (nSPS) is 24.2. The van der Waals surface area contributed by atoms with Crippen LogP contribution in [0.2, 0.25) is 0 Å². The summed E-state index contributed by atoms with van der Waals surface area (Å²) in [6.45, 7) is 7.15. The summed E-state index contributed by atoms with van der Waals surface area (Å²) in [4.78, 5) is 35.5. The Balaban J connectivity index is 1.02. The fourth-order valence-corrected chi connectivity index (χ4v) is 5.18. The number of rotatable bonds is 6. The van der Waals surface area contributed by atoms with E-state index in [0.717, 1.165) is 56.9 Å². The van der Waals surface area contributed by atoms with Gasteiger partial charge in [-0.25, -0.2) is 10.1 Å². The van der Waals surface area contributed by atoms with E-state index in [4.69, 9.17) is 10.00 Å². The number of aromatic nitrogens is 3. The molecule has 2 aliphatic heterocycles. The molecule has 0 bridgehead atoms. The molecular formula is C25H31N7O3. The zero-order valence-electron chi connectivity index (χ0n) is 20.0. The Labute approximate surface area is 204 Å². The number of ether oxygens (including phenoxy) is 1. The fraction of sp³-hybridized carbons (Fsp3) is 0.560. The van der Waals surface area contributed by atoms with E-state index in [1.165, 1.54) is 0 Å². The smallest absolute Gasteiger partial charge is 0.269 e. The molecule has 5 rings (SSSR count). The summed E-state index contributed by atoms with van der Waals surface area (Å²) in [6.07, 6.45) is 6.09. The molecule has 35 heavy (non-hydrogen) atoms. The minimum Gasteiger partial charge on any atom is -0.378 e. The molecule has 1 N–H and O–H groups in total. The van der Waals surface area contributed by atoms with Gasteiger partial charge in [-0.05, 0) is 38.3 Å². The molecule has 10 heteroatoms. The molecule has 3 aliphatic rings. The molecule has 2 aromatic rings. The molecule has 1 aliphatic carbocycles. The maximum Gasteiger partial charge on any atom is 0.269 e. The quantitative estimate of drug-likeness (QED) is 0.662. The Morgan fingerprint density at radius 2 is 1.97 bits per heavy atom. The van der Waals surface area contributed by atoms with Crippen LogP contribution in [0.3, 0.4) is 0 Å². The van der Waals surface area contributed by atoms with Crippen LogP contribution in [0.4, 0.5) is 11.5 Å². The summed E-state index contributed by atoms with van der Waals surface area (Å²) in [5.74, 6) is 1.57. The van der Waals surface area contributed by atoms with Crippen LogP contribution in [-0.2, 0) is 9.53 Å². The standard InChI is InChI=1S/C25H31N7O3/c1-17-22(14-28-29-24(17)33)32-5-4-19(15-32)16-35-21-10-20(11-21)25(34)31-8-6-30(7-9-31)23-3-2-18(12-26)13-27-23/h2-3,13-14,19-21H,4-11,15-16H2,1H3,(H,29,33)/t19?,20-,21-. The van der Waals surface area contributed by atoms with Gasteiger partial charge in [0.2, 0.25) is 5.91 Å². The first-order chi connectivity index (χ1) is 17.0. The van der Waals surface area contributed by atoms with Gasteiger partial charge < -0.3 is 19.4 Å². The SMILES string of the molecule is Cc1c(N2CCC(CO[C@H]3C[C@H](C(=O)N4CCN(c5ccc(C#N)cn5)CC4)C3)C2)cn[nH]c1=O. The zero-order valence-corrected chi connectivity index (χ0v) is 20.0. The topological polar surface area (TPSA) is 118 Å². The Morgan fingerprint density at radius 1 is 1.17 bits per heavy atom. The average Bonchev–Trinajstić information content (AvgIpc) is 3.33. The van der Waals surface area contributed by atoms with Gasteiger partial charge in [-0.3, -0.25) is 9.59 Å². The van der Waals surface area contributed by atoms with Crippen LogP contribution < -0.4 is 15.4 Å². The Hall–Kier alpha value is -3.45. The highest BCUT2D eigenvalue weighted by Gasteiger charge is 2.39. The maximum absolute atomic E-state index is 12.9. The lowest BCUT2D eigenvalue weighted by Gasteiger charge is -2.41. The third-order valence-electron chi connectivity index (χ3n) is 7.51.